The number of nitrogen functional groups attached to an aromatic ring is 1. The number of anilines is 1. The van der Waals surface area contributed by atoms with Crippen LogP contribution in [-0.4, -0.2) is 16.7 Å². The minimum Gasteiger partial charge on any atom is -0.480 e. The molecule has 0 saturated heterocycles. The molecule has 0 aliphatic heterocycles. The van der Waals surface area contributed by atoms with Crippen LogP contribution in [0.2, 0.25) is 0 Å². The van der Waals surface area contributed by atoms with E-state index in [-0.39, 0.29) is 0 Å². The number of hydrogen-bond acceptors (Lipinski definition) is 4. The van der Waals surface area contributed by atoms with Gasteiger partial charge in [-0.25, -0.2) is 0 Å². The largest absolute Gasteiger partial charge is 0.480 e. The Morgan fingerprint density at radius 3 is 2.29 bits per heavy atom. The van der Waals surface area contributed by atoms with Crippen molar-refractivity contribution >= 4 is 11.7 Å². The molecule has 94 valence electrons. The minimum atomic E-state index is -1.00. The first-order valence-electron chi connectivity index (χ1n) is 5.31. The molecule has 0 spiro atoms. The Hall–Kier alpha value is -1.59. The summed E-state index contributed by atoms with van der Waals surface area (Å²) in [7, 11) is 0. The minimum absolute atomic E-state index is 0.457. The zero-order valence-electron chi connectivity index (χ0n) is 10.2. The molecule has 0 radical (unpaired) electrons. The van der Waals surface area contributed by atoms with Crippen molar-refractivity contribution in [1.82, 2.24) is 5.48 Å². The van der Waals surface area contributed by atoms with Gasteiger partial charge in [0.25, 0.3) is 0 Å². The molecule has 0 aliphatic rings. The summed E-state index contributed by atoms with van der Waals surface area (Å²) in [6.07, 6.45) is 0. The van der Waals surface area contributed by atoms with Gasteiger partial charge in [-0.2, -0.15) is 5.48 Å². The molecule has 5 heteroatoms. The van der Waals surface area contributed by atoms with E-state index in [9.17, 15) is 4.79 Å². The Balaban J connectivity index is 2.79. The maximum Gasteiger partial charge on any atom is 0.327 e. The van der Waals surface area contributed by atoms with Gasteiger partial charge < -0.3 is 10.8 Å². The van der Waals surface area contributed by atoms with Crippen molar-refractivity contribution in [1.29, 1.82) is 0 Å². The van der Waals surface area contributed by atoms with Gasteiger partial charge in [-0.1, -0.05) is 12.1 Å². The zero-order chi connectivity index (χ0) is 13.1. The summed E-state index contributed by atoms with van der Waals surface area (Å²) >= 11 is 0. The molecule has 0 aliphatic carbocycles. The second kappa shape index (κ2) is 5.16. The number of carboxylic acids is 1. The van der Waals surface area contributed by atoms with Crippen molar-refractivity contribution in [3.05, 3.63) is 29.8 Å². The number of nitrogens with two attached hydrogens (primary N) is 1. The van der Waals surface area contributed by atoms with Gasteiger partial charge in [0.2, 0.25) is 0 Å². The molecule has 0 heterocycles. The van der Waals surface area contributed by atoms with Crippen LogP contribution in [0.4, 0.5) is 5.69 Å². The molecule has 0 saturated carbocycles. The quantitative estimate of drug-likeness (QED) is 0.549. The SMILES string of the molecule is CC(C)(C)ON[C@@H](C(=O)O)c1ccc(N)cc1. The highest BCUT2D eigenvalue weighted by atomic mass is 16.7. The van der Waals surface area contributed by atoms with E-state index in [1.54, 1.807) is 24.3 Å². The Bertz CT molecular complexity index is 382. The van der Waals surface area contributed by atoms with Crippen LogP contribution in [0.15, 0.2) is 24.3 Å². The molecule has 0 bridgehead atoms. The summed E-state index contributed by atoms with van der Waals surface area (Å²) in [6, 6.07) is 5.73. The monoisotopic (exact) mass is 238 g/mol. The van der Waals surface area contributed by atoms with Crippen LogP contribution in [0.3, 0.4) is 0 Å². The molecule has 0 fully saturated rings. The zero-order valence-corrected chi connectivity index (χ0v) is 10.2. The Labute approximate surface area is 101 Å². The molecule has 1 aromatic rings. The summed E-state index contributed by atoms with van der Waals surface area (Å²) in [5, 5.41) is 9.12. The smallest absolute Gasteiger partial charge is 0.327 e. The fraction of sp³-hybridized carbons (Fsp3) is 0.417. The molecule has 4 N–H and O–H groups in total. The highest BCUT2D eigenvalue weighted by molar-refractivity contribution is 5.75. The van der Waals surface area contributed by atoms with Crippen molar-refractivity contribution < 1.29 is 14.7 Å². The third-order valence-electron chi connectivity index (χ3n) is 2.00. The molecule has 1 atom stereocenters. The average Bonchev–Trinajstić information content (AvgIpc) is 2.18. The highest BCUT2D eigenvalue weighted by Gasteiger charge is 2.22. The van der Waals surface area contributed by atoms with E-state index >= 15 is 0 Å². The Morgan fingerprint density at radius 1 is 1.35 bits per heavy atom. The van der Waals surface area contributed by atoms with E-state index in [1.165, 1.54) is 0 Å². The van der Waals surface area contributed by atoms with E-state index in [4.69, 9.17) is 15.7 Å². The second-order valence-corrected chi connectivity index (χ2v) is 4.77. The number of carbonyl (C=O) groups is 1. The summed E-state index contributed by atoms with van der Waals surface area (Å²) in [5.41, 5.74) is 8.83. The number of nitrogens with one attached hydrogen (secondary N) is 1. The normalized spacial score (nSPS) is 13.4. The molecule has 1 aromatic carbocycles. The van der Waals surface area contributed by atoms with Gasteiger partial charge in [0.05, 0.1) is 5.60 Å². The molecule has 0 amide bonds. The Morgan fingerprint density at radius 2 is 1.88 bits per heavy atom. The third-order valence-corrected chi connectivity index (χ3v) is 2.00. The molecule has 0 unspecified atom stereocenters. The van der Waals surface area contributed by atoms with Gasteiger partial charge in [0, 0.05) is 5.69 Å². The van der Waals surface area contributed by atoms with E-state index in [0.717, 1.165) is 0 Å². The van der Waals surface area contributed by atoms with E-state index in [0.29, 0.717) is 11.3 Å². The number of rotatable bonds is 4. The van der Waals surface area contributed by atoms with E-state index in [2.05, 4.69) is 5.48 Å². The van der Waals surface area contributed by atoms with Gasteiger partial charge in [0.15, 0.2) is 6.04 Å². The maximum atomic E-state index is 11.1. The first kappa shape index (κ1) is 13.5. The Kier molecular flexibility index (Phi) is 4.09. The first-order valence-corrected chi connectivity index (χ1v) is 5.31. The number of hydrogen-bond donors (Lipinski definition) is 3. The molecule has 5 nitrogen and oxygen atoms in total. The predicted molar refractivity (Wildman–Crippen MR) is 65.2 cm³/mol. The summed E-state index contributed by atoms with van der Waals surface area (Å²) < 4.78 is 0. The van der Waals surface area contributed by atoms with Gasteiger partial charge in [0.1, 0.15) is 0 Å². The van der Waals surface area contributed by atoms with Crippen LogP contribution >= 0.6 is 0 Å². The van der Waals surface area contributed by atoms with Crippen molar-refractivity contribution in [2.75, 3.05) is 5.73 Å². The maximum absolute atomic E-state index is 11.1. The van der Waals surface area contributed by atoms with Gasteiger partial charge in [-0.05, 0) is 38.5 Å². The van der Waals surface area contributed by atoms with Crippen LogP contribution in [0.1, 0.15) is 32.4 Å². The molecule has 1 rings (SSSR count). The van der Waals surface area contributed by atoms with Crippen LogP contribution < -0.4 is 11.2 Å². The lowest BCUT2D eigenvalue weighted by Crippen LogP contribution is -2.35. The lowest BCUT2D eigenvalue weighted by molar-refractivity contribution is -0.150. The van der Waals surface area contributed by atoms with Gasteiger partial charge in [-0.3, -0.25) is 9.63 Å². The van der Waals surface area contributed by atoms with Crippen molar-refractivity contribution in [2.45, 2.75) is 32.4 Å². The molecular weight excluding hydrogens is 220 g/mol. The van der Waals surface area contributed by atoms with Crippen molar-refractivity contribution in [3.8, 4) is 0 Å². The lowest BCUT2D eigenvalue weighted by atomic mass is 10.1. The van der Waals surface area contributed by atoms with Gasteiger partial charge >= 0.3 is 5.97 Å². The molecular formula is C12H18N2O3. The fourth-order valence-electron chi connectivity index (χ4n) is 1.19. The third kappa shape index (κ3) is 4.42. The van der Waals surface area contributed by atoms with E-state index in [1.807, 2.05) is 20.8 Å². The van der Waals surface area contributed by atoms with Crippen LogP contribution in [0, 0.1) is 0 Å². The number of carboxylic acid groups (broad SMARTS) is 1. The average molecular weight is 238 g/mol. The summed E-state index contributed by atoms with van der Waals surface area (Å²) in [4.78, 5) is 16.4. The molecule has 17 heavy (non-hydrogen) atoms. The van der Waals surface area contributed by atoms with Crippen molar-refractivity contribution in [3.63, 3.8) is 0 Å². The molecule has 0 aromatic heterocycles. The standard InChI is InChI=1S/C12H18N2O3/c1-12(2,3)17-14-10(11(15)16)8-4-6-9(13)7-5-8/h4-7,10,14H,13H2,1-3H3,(H,15,16)/t10-/m1/s1. The van der Waals surface area contributed by atoms with Crippen LogP contribution in [0.5, 0.6) is 0 Å². The number of benzene rings is 1. The highest BCUT2D eigenvalue weighted by Crippen LogP contribution is 2.17. The fourth-order valence-corrected chi connectivity index (χ4v) is 1.19. The van der Waals surface area contributed by atoms with Crippen molar-refractivity contribution in [2.24, 2.45) is 0 Å². The van der Waals surface area contributed by atoms with E-state index < -0.39 is 17.6 Å². The number of hydroxylamine groups is 1. The predicted octanol–water partition coefficient (Wildman–Crippen LogP) is 1.71. The topological polar surface area (TPSA) is 84.6 Å². The first-order chi connectivity index (χ1) is 7.79. The van der Waals surface area contributed by atoms with Gasteiger partial charge in [-0.15, -0.1) is 0 Å². The second-order valence-electron chi connectivity index (χ2n) is 4.77. The summed E-state index contributed by atoms with van der Waals surface area (Å²) in [6.45, 7) is 5.51. The van der Waals surface area contributed by atoms with Crippen LogP contribution in [-0.2, 0) is 9.63 Å². The summed E-state index contributed by atoms with van der Waals surface area (Å²) in [5.74, 6) is -1.00. The lowest BCUT2D eigenvalue weighted by Gasteiger charge is -2.23. The van der Waals surface area contributed by atoms with Crippen LogP contribution in [0.25, 0.3) is 0 Å². The number of aliphatic carboxylic acids is 1.